The molecule has 1 heteroatoms. The van der Waals surface area contributed by atoms with Crippen molar-refractivity contribution in [2.75, 3.05) is 6.61 Å². The molecule has 0 aliphatic carbocycles. The molecule has 0 spiro atoms. The molecule has 0 aliphatic rings. The smallest absolute Gasteiger partial charge is 0.0693 e. The Hall–Kier alpha value is -1.52. The predicted molar refractivity (Wildman–Crippen MR) is 68.8 cm³/mol. The zero-order valence-electron chi connectivity index (χ0n) is 9.74. The number of aliphatic hydroxyl groups is 1. The van der Waals surface area contributed by atoms with Crippen LogP contribution in [0.2, 0.25) is 0 Å². The third kappa shape index (κ3) is 4.33. The normalized spacial score (nSPS) is 10.8. The lowest BCUT2D eigenvalue weighted by Crippen LogP contribution is -1.89. The third-order valence-corrected chi connectivity index (χ3v) is 2.32. The molecule has 0 amide bonds. The molecule has 0 fully saturated rings. The van der Waals surface area contributed by atoms with Gasteiger partial charge in [0.15, 0.2) is 0 Å². The predicted octanol–water partition coefficient (Wildman–Crippen LogP) is 3.26. The van der Waals surface area contributed by atoms with Crippen molar-refractivity contribution in [3.8, 4) is 11.8 Å². The van der Waals surface area contributed by atoms with Gasteiger partial charge in [0.05, 0.1) is 6.61 Å². The van der Waals surface area contributed by atoms with Gasteiger partial charge in [0, 0.05) is 6.42 Å². The van der Waals surface area contributed by atoms with Crippen molar-refractivity contribution >= 4 is 5.57 Å². The summed E-state index contributed by atoms with van der Waals surface area (Å²) >= 11 is 0. The van der Waals surface area contributed by atoms with E-state index in [0.29, 0.717) is 0 Å². The highest BCUT2D eigenvalue weighted by atomic mass is 16.3. The average Bonchev–Trinajstić information content (AvgIpc) is 2.35. The summed E-state index contributed by atoms with van der Waals surface area (Å²) in [6, 6.07) is 9.85. The van der Waals surface area contributed by atoms with E-state index in [4.69, 9.17) is 0 Å². The van der Waals surface area contributed by atoms with Crippen LogP contribution in [0.25, 0.3) is 5.57 Å². The van der Waals surface area contributed by atoms with Crippen LogP contribution in [-0.4, -0.2) is 11.7 Å². The second-order valence-electron chi connectivity index (χ2n) is 3.62. The van der Waals surface area contributed by atoms with Crippen molar-refractivity contribution in [1.29, 1.82) is 0 Å². The first-order chi connectivity index (χ1) is 7.88. The molecule has 1 N–H and O–H groups in total. The molecule has 0 aromatic heterocycles. The van der Waals surface area contributed by atoms with Crippen molar-refractivity contribution in [1.82, 2.24) is 0 Å². The Bertz CT molecular complexity index is 379. The van der Waals surface area contributed by atoms with Crippen LogP contribution in [0.5, 0.6) is 0 Å². The van der Waals surface area contributed by atoms with Crippen LogP contribution in [-0.2, 0) is 0 Å². The minimum atomic E-state index is 0.0342. The molecule has 0 aliphatic heterocycles. The lowest BCUT2D eigenvalue weighted by atomic mass is 10.1. The van der Waals surface area contributed by atoms with E-state index in [1.807, 2.05) is 36.4 Å². The van der Waals surface area contributed by atoms with Crippen molar-refractivity contribution in [3.63, 3.8) is 0 Å². The molecule has 1 aromatic carbocycles. The van der Waals surface area contributed by atoms with Gasteiger partial charge in [0.2, 0.25) is 0 Å². The zero-order chi connectivity index (χ0) is 11.6. The first-order valence-electron chi connectivity index (χ1n) is 5.72. The summed E-state index contributed by atoms with van der Waals surface area (Å²) in [7, 11) is 0. The highest BCUT2D eigenvalue weighted by molar-refractivity contribution is 5.68. The second kappa shape index (κ2) is 7.73. The fraction of sp³-hybridized carbons (Fsp3) is 0.333. The Morgan fingerprint density at radius 3 is 2.69 bits per heavy atom. The molecule has 16 heavy (non-hydrogen) atoms. The van der Waals surface area contributed by atoms with Crippen LogP contribution in [0.4, 0.5) is 0 Å². The van der Waals surface area contributed by atoms with Gasteiger partial charge in [-0.1, -0.05) is 55.5 Å². The average molecular weight is 214 g/mol. The van der Waals surface area contributed by atoms with Crippen molar-refractivity contribution in [3.05, 3.63) is 42.0 Å². The molecule has 0 atom stereocenters. The standard InChI is InChI=1S/C15H18O/c1-2-3-4-5-7-12-15(13-16)14-10-8-6-9-11-14/h6,8-12,16H,2-4,13H2,1H3/b15-12+. The summed E-state index contributed by atoms with van der Waals surface area (Å²) in [6.45, 7) is 2.19. The number of allylic oxidation sites excluding steroid dienone is 1. The Labute approximate surface area is 97.8 Å². The molecule has 1 rings (SSSR count). The largest absolute Gasteiger partial charge is 0.392 e. The number of unbranched alkanes of at least 4 members (excludes halogenated alkanes) is 2. The van der Waals surface area contributed by atoms with Crippen LogP contribution in [0.3, 0.4) is 0 Å². The van der Waals surface area contributed by atoms with Crippen molar-refractivity contribution in [2.45, 2.75) is 26.2 Å². The van der Waals surface area contributed by atoms with Gasteiger partial charge >= 0.3 is 0 Å². The van der Waals surface area contributed by atoms with Gasteiger partial charge in [-0.15, -0.1) is 0 Å². The highest BCUT2D eigenvalue weighted by Gasteiger charge is 1.96. The summed E-state index contributed by atoms with van der Waals surface area (Å²) in [5.74, 6) is 6.08. The maximum Gasteiger partial charge on any atom is 0.0693 e. The number of rotatable bonds is 4. The molecule has 84 valence electrons. The molecule has 0 saturated heterocycles. The Morgan fingerprint density at radius 1 is 1.31 bits per heavy atom. The number of aliphatic hydroxyl groups excluding tert-OH is 1. The first-order valence-corrected chi connectivity index (χ1v) is 5.72. The lowest BCUT2D eigenvalue weighted by molar-refractivity contribution is 0.350. The molecule has 1 nitrogen and oxygen atoms in total. The van der Waals surface area contributed by atoms with Crippen LogP contribution in [0.15, 0.2) is 36.4 Å². The van der Waals surface area contributed by atoms with Crippen LogP contribution in [0.1, 0.15) is 31.7 Å². The fourth-order valence-electron chi connectivity index (χ4n) is 1.35. The van der Waals surface area contributed by atoms with E-state index in [2.05, 4.69) is 18.8 Å². The molecule has 1 aromatic rings. The first kappa shape index (κ1) is 12.5. The fourth-order valence-corrected chi connectivity index (χ4v) is 1.35. The number of benzene rings is 1. The topological polar surface area (TPSA) is 20.2 Å². The van der Waals surface area contributed by atoms with E-state index in [1.165, 1.54) is 6.42 Å². The summed E-state index contributed by atoms with van der Waals surface area (Å²) in [5.41, 5.74) is 1.92. The highest BCUT2D eigenvalue weighted by Crippen LogP contribution is 2.12. The third-order valence-electron chi connectivity index (χ3n) is 2.32. The van der Waals surface area contributed by atoms with Gasteiger partial charge in [-0.05, 0) is 23.6 Å². The Balaban J connectivity index is 2.66. The maximum atomic E-state index is 9.25. The van der Waals surface area contributed by atoms with E-state index in [1.54, 1.807) is 0 Å². The summed E-state index contributed by atoms with van der Waals surface area (Å²) in [6.07, 6.45) is 5.05. The van der Waals surface area contributed by atoms with Gasteiger partial charge in [0.25, 0.3) is 0 Å². The maximum absolute atomic E-state index is 9.25. The van der Waals surface area contributed by atoms with E-state index < -0.39 is 0 Å². The van der Waals surface area contributed by atoms with Crippen LogP contribution >= 0.6 is 0 Å². The van der Waals surface area contributed by atoms with Gasteiger partial charge in [-0.3, -0.25) is 0 Å². The zero-order valence-corrected chi connectivity index (χ0v) is 9.74. The van der Waals surface area contributed by atoms with E-state index >= 15 is 0 Å². The Morgan fingerprint density at radius 2 is 2.06 bits per heavy atom. The summed E-state index contributed by atoms with van der Waals surface area (Å²) in [5, 5.41) is 9.25. The quantitative estimate of drug-likeness (QED) is 0.602. The van der Waals surface area contributed by atoms with Crippen molar-refractivity contribution < 1.29 is 5.11 Å². The molecular formula is C15H18O. The monoisotopic (exact) mass is 214 g/mol. The SMILES string of the molecule is CCCCC#C/C=C(\CO)c1ccccc1. The van der Waals surface area contributed by atoms with Gasteiger partial charge < -0.3 is 5.11 Å². The van der Waals surface area contributed by atoms with Gasteiger partial charge in [-0.2, -0.15) is 0 Å². The minimum Gasteiger partial charge on any atom is -0.392 e. The number of hydrogen-bond donors (Lipinski definition) is 1. The van der Waals surface area contributed by atoms with Gasteiger partial charge in [0.1, 0.15) is 0 Å². The van der Waals surface area contributed by atoms with Gasteiger partial charge in [-0.25, -0.2) is 0 Å². The van der Waals surface area contributed by atoms with Crippen LogP contribution < -0.4 is 0 Å². The molecule has 0 radical (unpaired) electrons. The lowest BCUT2D eigenvalue weighted by Gasteiger charge is -2.01. The molecule has 0 heterocycles. The molecule has 0 saturated carbocycles. The van der Waals surface area contributed by atoms with E-state index in [9.17, 15) is 5.11 Å². The molecular weight excluding hydrogens is 196 g/mol. The second-order valence-corrected chi connectivity index (χ2v) is 3.62. The summed E-state index contributed by atoms with van der Waals surface area (Å²) < 4.78 is 0. The van der Waals surface area contributed by atoms with Crippen LogP contribution in [0, 0.1) is 11.8 Å². The number of hydrogen-bond acceptors (Lipinski definition) is 1. The molecule has 0 unspecified atom stereocenters. The Kier molecular flexibility index (Phi) is 6.06. The van der Waals surface area contributed by atoms with Crippen molar-refractivity contribution in [2.24, 2.45) is 0 Å². The minimum absolute atomic E-state index is 0.0342. The molecule has 0 bridgehead atoms. The van der Waals surface area contributed by atoms with E-state index in [0.717, 1.165) is 24.0 Å². The van der Waals surface area contributed by atoms with E-state index in [-0.39, 0.29) is 6.61 Å². The summed E-state index contributed by atoms with van der Waals surface area (Å²) in [4.78, 5) is 0.